The summed E-state index contributed by atoms with van der Waals surface area (Å²) in [4.78, 5) is 8.48. The minimum Gasteiger partial charge on any atom is -0.370 e. The van der Waals surface area contributed by atoms with E-state index in [1.807, 2.05) is 0 Å². The summed E-state index contributed by atoms with van der Waals surface area (Å²) in [5.41, 5.74) is 1.11. The first-order chi connectivity index (χ1) is 8.78. The van der Waals surface area contributed by atoms with Gasteiger partial charge in [0.15, 0.2) is 0 Å². The average molecular weight is 247 g/mol. The van der Waals surface area contributed by atoms with Crippen LogP contribution in [0.25, 0.3) is 0 Å². The molecule has 1 heterocycles. The van der Waals surface area contributed by atoms with Gasteiger partial charge in [-0.3, -0.25) is 0 Å². The molecule has 0 bridgehead atoms. The standard InChI is InChI=1S/C15H25N3/c1-3-14-10-15(18-11-17-14)16-8-7-13-6-4-5-12(2)9-13/h10-13H,3-9H2,1-2H3,(H,16,17,18). The molecule has 2 atom stereocenters. The third-order valence-electron chi connectivity index (χ3n) is 3.99. The predicted octanol–water partition coefficient (Wildman–Crippen LogP) is 3.67. The molecule has 1 aliphatic carbocycles. The van der Waals surface area contributed by atoms with Gasteiger partial charge in [-0.1, -0.05) is 33.1 Å². The smallest absolute Gasteiger partial charge is 0.129 e. The molecule has 0 amide bonds. The summed E-state index contributed by atoms with van der Waals surface area (Å²) < 4.78 is 0. The van der Waals surface area contributed by atoms with E-state index in [0.29, 0.717) is 0 Å². The van der Waals surface area contributed by atoms with Crippen LogP contribution in [0.1, 0.15) is 51.6 Å². The van der Waals surface area contributed by atoms with Crippen LogP contribution >= 0.6 is 0 Å². The molecule has 0 saturated heterocycles. The largest absolute Gasteiger partial charge is 0.370 e. The van der Waals surface area contributed by atoms with E-state index in [-0.39, 0.29) is 0 Å². The summed E-state index contributed by atoms with van der Waals surface area (Å²) in [6, 6.07) is 2.06. The lowest BCUT2D eigenvalue weighted by molar-refractivity contribution is 0.274. The van der Waals surface area contributed by atoms with Crippen molar-refractivity contribution >= 4 is 5.82 Å². The highest BCUT2D eigenvalue weighted by atomic mass is 15.0. The number of hydrogen-bond acceptors (Lipinski definition) is 3. The van der Waals surface area contributed by atoms with Crippen LogP contribution in [0.2, 0.25) is 0 Å². The van der Waals surface area contributed by atoms with E-state index in [1.165, 1.54) is 32.1 Å². The summed E-state index contributed by atoms with van der Waals surface area (Å²) in [5, 5.41) is 3.43. The molecule has 1 aliphatic rings. The Morgan fingerprint density at radius 3 is 3.00 bits per heavy atom. The minimum atomic E-state index is 0.911. The van der Waals surface area contributed by atoms with Crippen molar-refractivity contribution in [2.24, 2.45) is 11.8 Å². The fraction of sp³-hybridized carbons (Fsp3) is 0.733. The molecule has 2 unspecified atom stereocenters. The van der Waals surface area contributed by atoms with E-state index >= 15 is 0 Å². The van der Waals surface area contributed by atoms with Gasteiger partial charge in [0.25, 0.3) is 0 Å². The molecular formula is C15H25N3. The molecule has 0 aromatic carbocycles. The van der Waals surface area contributed by atoms with E-state index < -0.39 is 0 Å². The van der Waals surface area contributed by atoms with Gasteiger partial charge in [-0.2, -0.15) is 0 Å². The predicted molar refractivity (Wildman–Crippen MR) is 75.6 cm³/mol. The van der Waals surface area contributed by atoms with E-state index in [1.54, 1.807) is 6.33 Å². The van der Waals surface area contributed by atoms with Gasteiger partial charge in [-0.05, 0) is 31.1 Å². The molecule has 3 nitrogen and oxygen atoms in total. The van der Waals surface area contributed by atoms with Crippen LogP contribution in [0.4, 0.5) is 5.82 Å². The van der Waals surface area contributed by atoms with Gasteiger partial charge in [-0.15, -0.1) is 0 Å². The van der Waals surface area contributed by atoms with Gasteiger partial charge < -0.3 is 5.32 Å². The number of nitrogens with zero attached hydrogens (tertiary/aromatic N) is 2. The number of anilines is 1. The Morgan fingerprint density at radius 1 is 1.33 bits per heavy atom. The molecule has 100 valence electrons. The van der Waals surface area contributed by atoms with Gasteiger partial charge in [0.2, 0.25) is 0 Å². The molecule has 1 aromatic heterocycles. The zero-order valence-corrected chi connectivity index (χ0v) is 11.7. The van der Waals surface area contributed by atoms with E-state index in [9.17, 15) is 0 Å². The van der Waals surface area contributed by atoms with Crippen molar-refractivity contribution in [1.29, 1.82) is 0 Å². The van der Waals surface area contributed by atoms with Gasteiger partial charge in [0, 0.05) is 18.3 Å². The fourth-order valence-corrected chi connectivity index (χ4v) is 2.91. The van der Waals surface area contributed by atoms with Crippen LogP contribution in [-0.4, -0.2) is 16.5 Å². The first kappa shape index (κ1) is 13.3. The van der Waals surface area contributed by atoms with E-state index in [2.05, 4.69) is 35.2 Å². The second-order valence-corrected chi connectivity index (χ2v) is 5.60. The number of aryl methyl sites for hydroxylation is 1. The highest BCUT2D eigenvalue weighted by molar-refractivity contribution is 5.34. The van der Waals surface area contributed by atoms with Crippen LogP contribution < -0.4 is 5.32 Å². The molecule has 0 aliphatic heterocycles. The average Bonchev–Trinajstić information content (AvgIpc) is 2.39. The molecule has 3 heteroatoms. The van der Waals surface area contributed by atoms with Gasteiger partial charge in [0.1, 0.15) is 12.1 Å². The maximum absolute atomic E-state index is 4.26. The highest BCUT2D eigenvalue weighted by Gasteiger charge is 2.18. The zero-order valence-electron chi connectivity index (χ0n) is 11.7. The lowest BCUT2D eigenvalue weighted by Crippen LogP contribution is -2.17. The Balaban J connectivity index is 1.74. The van der Waals surface area contributed by atoms with E-state index in [4.69, 9.17) is 0 Å². The van der Waals surface area contributed by atoms with Gasteiger partial charge >= 0.3 is 0 Å². The van der Waals surface area contributed by atoms with Crippen molar-refractivity contribution in [2.45, 2.75) is 52.4 Å². The molecular weight excluding hydrogens is 222 g/mol. The van der Waals surface area contributed by atoms with Crippen molar-refractivity contribution in [3.63, 3.8) is 0 Å². The third-order valence-corrected chi connectivity index (χ3v) is 3.99. The van der Waals surface area contributed by atoms with Crippen molar-refractivity contribution in [2.75, 3.05) is 11.9 Å². The molecule has 0 radical (unpaired) electrons. The lowest BCUT2D eigenvalue weighted by Gasteiger charge is -2.26. The Labute approximate surface area is 110 Å². The summed E-state index contributed by atoms with van der Waals surface area (Å²) in [6.45, 7) is 5.55. The Kier molecular flexibility index (Phi) is 4.97. The molecule has 2 rings (SSSR count). The maximum atomic E-state index is 4.26. The summed E-state index contributed by atoms with van der Waals surface area (Å²) in [6.07, 6.45) is 9.56. The second kappa shape index (κ2) is 6.72. The molecule has 1 fully saturated rings. The van der Waals surface area contributed by atoms with Crippen LogP contribution in [0.15, 0.2) is 12.4 Å². The number of rotatable bonds is 5. The summed E-state index contributed by atoms with van der Waals surface area (Å²) in [5.74, 6) is 2.81. The van der Waals surface area contributed by atoms with Crippen LogP contribution in [0.3, 0.4) is 0 Å². The van der Waals surface area contributed by atoms with Crippen molar-refractivity contribution in [3.8, 4) is 0 Å². The molecule has 1 aromatic rings. The quantitative estimate of drug-likeness (QED) is 0.862. The van der Waals surface area contributed by atoms with Crippen molar-refractivity contribution in [1.82, 2.24) is 9.97 Å². The molecule has 1 N–H and O–H groups in total. The lowest BCUT2D eigenvalue weighted by atomic mass is 9.81. The van der Waals surface area contributed by atoms with Crippen molar-refractivity contribution < 1.29 is 0 Å². The monoisotopic (exact) mass is 247 g/mol. The minimum absolute atomic E-state index is 0.911. The number of hydrogen-bond donors (Lipinski definition) is 1. The Bertz CT molecular complexity index is 365. The zero-order chi connectivity index (χ0) is 12.8. The maximum Gasteiger partial charge on any atom is 0.129 e. The molecule has 18 heavy (non-hydrogen) atoms. The molecule has 1 saturated carbocycles. The first-order valence-electron chi connectivity index (χ1n) is 7.32. The number of nitrogens with one attached hydrogen (secondary N) is 1. The number of aromatic nitrogens is 2. The van der Waals surface area contributed by atoms with Gasteiger partial charge in [0.05, 0.1) is 0 Å². The fourth-order valence-electron chi connectivity index (χ4n) is 2.91. The van der Waals surface area contributed by atoms with Crippen LogP contribution in [0, 0.1) is 11.8 Å². The SMILES string of the molecule is CCc1cc(NCCC2CCCC(C)C2)ncn1. The van der Waals surface area contributed by atoms with Crippen molar-refractivity contribution in [3.05, 3.63) is 18.1 Å². The van der Waals surface area contributed by atoms with Crippen LogP contribution in [-0.2, 0) is 6.42 Å². The normalized spacial score (nSPS) is 23.9. The van der Waals surface area contributed by atoms with Crippen LogP contribution in [0.5, 0.6) is 0 Å². The third kappa shape index (κ3) is 3.97. The first-order valence-corrected chi connectivity index (χ1v) is 7.32. The topological polar surface area (TPSA) is 37.8 Å². The second-order valence-electron chi connectivity index (χ2n) is 5.60. The summed E-state index contributed by atoms with van der Waals surface area (Å²) in [7, 11) is 0. The van der Waals surface area contributed by atoms with Gasteiger partial charge in [-0.25, -0.2) is 9.97 Å². The highest BCUT2D eigenvalue weighted by Crippen LogP contribution is 2.30. The van der Waals surface area contributed by atoms with E-state index in [0.717, 1.165) is 36.3 Å². The molecule has 0 spiro atoms. The Hall–Kier alpha value is -1.12. The Morgan fingerprint density at radius 2 is 2.22 bits per heavy atom. The summed E-state index contributed by atoms with van der Waals surface area (Å²) >= 11 is 0.